The lowest BCUT2D eigenvalue weighted by molar-refractivity contribution is -0.141. The molecule has 1 N–H and O–H groups in total. The molecule has 0 aromatic carbocycles. The summed E-state index contributed by atoms with van der Waals surface area (Å²) in [5.74, 6) is -0.180. The number of piperidine rings is 1. The smallest absolute Gasteiger partial charge is 0.303 e. The second-order valence-electron chi connectivity index (χ2n) is 6.11. The quantitative estimate of drug-likeness (QED) is 0.775. The molecule has 0 aromatic rings. The van der Waals surface area contributed by atoms with Crippen LogP contribution in [0.1, 0.15) is 45.4 Å². The average molecular weight is 283 g/mol. The molecule has 1 saturated heterocycles. The van der Waals surface area contributed by atoms with Gasteiger partial charge in [-0.3, -0.25) is 9.59 Å². The molecule has 5 nitrogen and oxygen atoms in total. The number of hydrogen-bond acceptors (Lipinski definition) is 3. The van der Waals surface area contributed by atoms with Crippen LogP contribution in [-0.2, 0) is 14.3 Å². The van der Waals surface area contributed by atoms with Crippen LogP contribution in [0.25, 0.3) is 0 Å². The predicted molar refractivity (Wildman–Crippen MR) is 74.3 cm³/mol. The third-order valence-corrected chi connectivity index (χ3v) is 4.46. The minimum atomic E-state index is -0.747. The van der Waals surface area contributed by atoms with Crippen LogP contribution in [0.2, 0.25) is 0 Å². The van der Waals surface area contributed by atoms with Gasteiger partial charge in [0.15, 0.2) is 0 Å². The summed E-state index contributed by atoms with van der Waals surface area (Å²) < 4.78 is 5.45. The molecule has 1 unspecified atom stereocenters. The van der Waals surface area contributed by atoms with Crippen molar-refractivity contribution < 1.29 is 19.4 Å². The number of carbonyl (C=O) groups excluding carboxylic acids is 1. The van der Waals surface area contributed by atoms with Crippen molar-refractivity contribution in [2.24, 2.45) is 11.3 Å². The minimum Gasteiger partial charge on any atom is -0.481 e. The number of ether oxygens (including phenoxy) is 1. The summed E-state index contributed by atoms with van der Waals surface area (Å²) in [5, 5.41) is 8.76. The molecule has 1 atom stereocenters. The Bertz CT molecular complexity index is 365. The number of hydrogen-bond donors (Lipinski definition) is 1. The fourth-order valence-electron chi connectivity index (χ4n) is 3.02. The second kappa shape index (κ2) is 6.57. The Morgan fingerprint density at radius 1 is 1.40 bits per heavy atom. The van der Waals surface area contributed by atoms with Crippen LogP contribution in [-0.4, -0.2) is 48.2 Å². The third-order valence-electron chi connectivity index (χ3n) is 4.46. The molecule has 1 amide bonds. The standard InChI is InChI=1S/C15H25NO4/c1-2-20-11-15(7-8-15)14(19)16-9-3-4-12(10-16)5-6-13(17)18/h12H,2-11H2,1H3,(H,17,18). The Labute approximate surface area is 120 Å². The fourth-order valence-corrected chi connectivity index (χ4v) is 3.02. The van der Waals surface area contributed by atoms with Gasteiger partial charge in [-0.25, -0.2) is 0 Å². The van der Waals surface area contributed by atoms with Gasteiger partial charge < -0.3 is 14.7 Å². The second-order valence-corrected chi connectivity index (χ2v) is 6.11. The fraction of sp³-hybridized carbons (Fsp3) is 0.867. The number of likely N-dealkylation sites (tertiary alicyclic amines) is 1. The summed E-state index contributed by atoms with van der Waals surface area (Å²) in [6.07, 6.45) is 4.77. The molecule has 20 heavy (non-hydrogen) atoms. The highest BCUT2D eigenvalue weighted by Crippen LogP contribution is 2.48. The van der Waals surface area contributed by atoms with Crippen molar-refractivity contribution in [3.63, 3.8) is 0 Å². The first-order valence-electron chi connectivity index (χ1n) is 7.66. The van der Waals surface area contributed by atoms with Gasteiger partial charge in [0.2, 0.25) is 5.91 Å². The molecular weight excluding hydrogens is 258 g/mol. The molecule has 2 aliphatic rings. The molecule has 2 rings (SSSR count). The van der Waals surface area contributed by atoms with Crippen LogP contribution in [0.5, 0.6) is 0 Å². The minimum absolute atomic E-state index is 0.205. The van der Waals surface area contributed by atoms with Crippen LogP contribution >= 0.6 is 0 Å². The van der Waals surface area contributed by atoms with Crippen molar-refractivity contribution >= 4 is 11.9 Å². The highest BCUT2D eigenvalue weighted by atomic mass is 16.5. The normalized spacial score (nSPS) is 24.4. The molecule has 5 heteroatoms. The first-order valence-corrected chi connectivity index (χ1v) is 7.66. The van der Waals surface area contributed by atoms with E-state index in [4.69, 9.17) is 9.84 Å². The highest BCUT2D eigenvalue weighted by molar-refractivity contribution is 5.85. The van der Waals surface area contributed by atoms with E-state index in [-0.39, 0.29) is 17.7 Å². The molecule has 0 bridgehead atoms. The van der Waals surface area contributed by atoms with E-state index in [1.807, 2.05) is 11.8 Å². The monoisotopic (exact) mass is 283 g/mol. The molecule has 0 spiro atoms. The molecule has 114 valence electrons. The van der Waals surface area contributed by atoms with E-state index in [0.717, 1.165) is 38.8 Å². The maximum Gasteiger partial charge on any atom is 0.303 e. The number of carbonyl (C=O) groups is 2. The zero-order valence-corrected chi connectivity index (χ0v) is 12.3. The van der Waals surface area contributed by atoms with Gasteiger partial charge in [0, 0.05) is 26.1 Å². The first kappa shape index (κ1) is 15.3. The predicted octanol–water partition coefficient (Wildman–Crippen LogP) is 1.91. The van der Waals surface area contributed by atoms with Gasteiger partial charge in [0.05, 0.1) is 12.0 Å². The van der Waals surface area contributed by atoms with Gasteiger partial charge in [-0.2, -0.15) is 0 Å². The maximum absolute atomic E-state index is 12.6. The molecule has 2 fully saturated rings. The first-order chi connectivity index (χ1) is 9.57. The van der Waals surface area contributed by atoms with E-state index in [2.05, 4.69) is 0 Å². The number of aliphatic carboxylic acids is 1. The number of rotatable bonds is 7. The van der Waals surface area contributed by atoms with E-state index < -0.39 is 5.97 Å². The van der Waals surface area contributed by atoms with Crippen molar-refractivity contribution in [1.82, 2.24) is 4.90 Å². The van der Waals surface area contributed by atoms with Crippen molar-refractivity contribution in [1.29, 1.82) is 0 Å². The van der Waals surface area contributed by atoms with Gasteiger partial charge in [0.25, 0.3) is 0 Å². The summed E-state index contributed by atoms with van der Waals surface area (Å²) in [4.78, 5) is 25.2. The zero-order chi connectivity index (χ0) is 14.6. The lowest BCUT2D eigenvalue weighted by atomic mass is 9.92. The van der Waals surface area contributed by atoms with E-state index in [1.54, 1.807) is 0 Å². The Balaban J connectivity index is 1.85. The third kappa shape index (κ3) is 3.72. The molecule has 1 aliphatic carbocycles. The van der Waals surface area contributed by atoms with Gasteiger partial charge in [0.1, 0.15) is 0 Å². The Morgan fingerprint density at radius 3 is 2.75 bits per heavy atom. The Hall–Kier alpha value is -1.10. The summed E-state index contributed by atoms with van der Waals surface area (Å²) in [7, 11) is 0. The van der Waals surface area contributed by atoms with Crippen molar-refractivity contribution in [3.8, 4) is 0 Å². The molecule has 1 heterocycles. The van der Waals surface area contributed by atoms with Crippen molar-refractivity contribution in [2.75, 3.05) is 26.3 Å². The zero-order valence-electron chi connectivity index (χ0n) is 12.3. The average Bonchev–Trinajstić information content (AvgIpc) is 3.23. The molecule has 1 saturated carbocycles. The molecule has 0 radical (unpaired) electrons. The highest BCUT2D eigenvalue weighted by Gasteiger charge is 2.52. The lowest BCUT2D eigenvalue weighted by Gasteiger charge is -2.35. The molecule has 1 aliphatic heterocycles. The SMILES string of the molecule is CCOCC1(C(=O)N2CCCC(CCC(=O)O)C2)CC1. The lowest BCUT2D eigenvalue weighted by Crippen LogP contribution is -2.45. The largest absolute Gasteiger partial charge is 0.481 e. The number of carboxylic acids is 1. The Kier molecular flexibility index (Phi) is 5.02. The van der Waals surface area contributed by atoms with E-state index >= 15 is 0 Å². The summed E-state index contributed by atoms with van der Waals surface area (Å²) in [6.45, 7) is 4.68. The molecule has 0 aromatic heterocycles. The van der Waals surface area contributed by atoms with Crippen LogP contribution in [0, 0.1) is 11.3 Å². The van der Waals surface area contributed by atoms with E-state index in [0.29, 0.717) is 25.6 Å². The summed E-state index contributed by atoms with van der Waals surface area (Å²) >= 11 is 0. The molecular formula is C15H25NO4. The van der Waals surface area contributed by atoms with Crippen molar-refractivity contribution in [2.45, 2.75) is 45.4 Å². The van der Waals surface area contributed by atoms with Crippen LogP contribution < -0.4 is 0 Å². The maximum atomic E-state index is 12.6. The van der Waals surface area contributed by atoms with Gasteiger partial charge in [-0.15, -0.1) is 0 Å². The Morgan fingerprint density at radius 2 is 2.15 bits per heavy atom. The van der Waals surface area contributed by atoms with Gasteiger partial charge in [-0.1, -0.05) is 0 Å². The number of carboxylic acid groups (broad SMARTS) is 1. The topological polar surface area (TPSA) is 66.8 Å². The van der Waals surface area contributed by atoms with Crippen LogP contribution in [0.15, 0.2) is 0 Å². The van der Waals surface area contributed by atoms with Crippen LogP contribution in [0.3, 0.4) is 0 Å². The number of nitrogens with zero attached hydrogens (tertiary/aromatic N) is 1. The van der Waals surface area contributed by atoms with E-state index in [9.17, 15) is 9.59 Å². The van der Waals surface area contributed by atoms with E-state index in [1.165, 1.54) is 0 Å². The number of amides is 1. The summed E-state index contributed by atoms with van der Waals surface area (Å²) in [6, 6.07) is 0. The van der Waals surface area contributed by atoms with Gasteiger partial charge >= 0.3 is 5.97 Å². The van der Waals surface area contributed by atoms with Gasteiger partial charge in [-0.05, 0) is 44.9 Å². The summed E-state index contributed by atoms with van der Waals surface area (Å²) in [5.41, 5.74) is -0.259. The van der Waals surface area contributed by atoms with Crippen molar-refractivity contribution in [3.05, 3.63) is 0 Å². The van der Waals surface area contributed by atoms with Crippen LogP contribution in [0.4, 0.5) is 0 Å².